The van der Waals surface area contributed by atoms with Gasteiger partial charge in [0.05, 0.1) is 12.9 Å². The Bertz CT molecular complexity index is 837. The highest BCUT2D eigenvalue weighted by Crippen LogP contribution is 2.23. The standard InChI is InChI=1S/C17H17N3O2S2/c1-20(16(21)10-23-17-19-18-11-24-17)9-12-3-4-14-8-15(22-2)6-5-13(14)7-12/h3-8,11H,9-10H2,1-2H3. The van der Waals surface area contributed by atoms with E-state index in [1.165, 1.54) is 23.1 Å². The first-order valence-corrected chi connectivity index (χ1v) is 9.22. The molecule has 1 heterocycles. The summed E-state index contributed by atoms with van der Waals surface area (Å²) in [6.45, 7) is 0.581. The fraction of sp³-hybridized carbons (Fsp3) is 0.235. The number of carbonyl (C=O) groups excluding carboxylic acids is 1. The van der Waals surface area contributed by atoms with Gasteiger partial charge in [0.15, 0.2) is 4.34 Å². The van der Waals surface area contributed by atoms with Crippen molar-refractivity contribution >= 4 is 39.8 Å². The molecule has 0 spiro atoms. The molecule has 0 aliphatic rings. The highest BCUT2D eigenvalue weighted by atomic mass is 32.2. The molecule has 3 aromatic rings. The number of fused-ring (bicyclic) bond motifs is 1. The molecular weight excluding hydrogens is 342 g/mol. The zero-order valence-corrected chi connectivity index (χ0v) is 15.1. The van der Waals surface area contributed by atoms with Crippen LogP contribution in [0.2, 0.25) is 0 Å². The normalized spacial score (nSPS) is 10.8. The monoisotopic (exact) mass is 359 g/mol. The summed E-state index contributed by atoms with van der Waals surface area (Å²) >= 11 is 2.87. The van der Waals surface area contributed by atoms with Gasteiger partial charge in [-0.05, 0) is 34.5 Å². The van der Waals surface area contributed by atoms with Crippen LogP contribution in [0.5, 0.6) is 5.75 Å². The molecule has 5 nitrogen and oxygen atoms in total. The van der Waals surface area contributed by atoms with Crippen molar-refractivity contribution in [2.45, 2.75) is 10.9 Å². The summed E-state index contributed by atoms with van der Waals surface area (Å²) in [6, 6.07) is 12.2. The molecule has 1 aromatic heterocycles. The van der Waals surface area contributed by atoms with E-state index in [2.05, 4.69) is 22.3 Å². The topological polar surface area (TPSA) is 55.3 Å². The first-order valence-electron chi connectivity index (χ1n) is 7.35. The minimum Gasteiger partial charge on any atom is -0.497 e. The summed E-state index contributed by atoms with van der Waals surface area (Å²) in [5.74, 6) is 1.29. The Morgan fingerprint density at radius 1 is 1.25 bits per heavy atom. The number of hydrogen-bond donors (Lipinski definition) is 0. The summed E-state index contributed by atoms with van der Waals surface area (Å²) in [5.41, 5.74) is 2.77. The van der Waals surface area contributed by atoms with Gasteiger partial charge in [-0.1, -0.05) is 41.3 Å². The summed E-state index contributed by atoms with van der Waals surface area (Å²) in [5, 5.41) is 9.96. The average Bonchev–Trinajstić information content (AvgIpc) is 3.12. The largest absolute Gasteiger partial charge is 0.497 e. The van der Waals surface area contributed by atoms with E-state index >= 15 is 0 Å². The Morgan fingerprint density at radius 3 is 2.79 bits per heavy atom. The van der Waals surface area contributed by atoms with Crippen LogP contribution >= 0.6 is 23.1 Å². The van der Waals surface area contributed by atoms with Crippen molar-refractivity contribution < 1.29 is 9.53 Å². The van der Waals surface area contributed by atoms with E-state index in [1.807, 2.05) is 31.3 Å². The second-order valence-corrected chi connectivity index (χ2v) is 7.35. The van der Waals surface area contributed by atoms with Crippen molar-refractivity contribution in [2.75, 3.05) is 19.9 Å². The summed E-state index contributed by atoms with van der Waals surface area (Å²) in [6.07, 6.45) is 0. The van der Waals surface area contributed by atoms with Crippen LogP contribution in [0.1, 0.15) is 5.56 Å². The lowest BCUT2D eigenvalue weighted by atomic mass is 10.1. The van der Waals surface area contributed by atoms with Gasteiger partial charge in [0.1, 0.15) is 11.3 Å². The first-order chi connectivity index (χ1) is 11.7. The maximum absolute atomic E-state index is 12.2. The number of aromatic nitrogens is 2. The predicted octanol–water partition coefficient (Wildman–Crippen LogP) is 3.45. The number of carbonyl (C=O) groups is 1. The van der Waals surface area contributed by atoms with Crippen LogP contribution < -0.4 is 4.74 Å². The maximum atomic E-state index is 12.2. The number of nitrogens with zero attached hydrogens (tertiary/aromatic N) is 3. The number of benzene rings is 2. The zero-order chi connectivity index (χ0) is 16.9. The van der Waals surface area contributed by atoms with E-state index in [0.717, 1.165) is 26.4 Å². The fourth-order valence-electron chi connectivity index (χ4n) is 2.32. The van der Waals surface area contributed by atoms with E-state index in [4.69, 9.17) is 4.74 Å². The number of rotatable bonds is 6. The van der Waals surface area contributed by atoms with Crippen LogP contribution in [-0.4, -0.2) is 40.9 Å². The minimum atomic E-state index is 0.0741. The van der Waals surface area contributed by atoms with Gasteiger partial charge in [-0.2, -0.15) is 0 Å². The molecule has 1 amide bonds. The molecule has 0 fully saturated rings. The van der Waals surface area contributed by atoms with Crippen molar-refractivity contribution in [1.82, 2.24) is 15.1 Å². The predicted molar refractivity (Wildman–Crippen MR) is 97.6 cm³/mol. The highest BCUT2D eigenvalue weighted by Gasteiger charge is 2.11. The third-order valence-electron chi connectivity index (χ3n) is 3.62. The third kappa shape index (κ3) is 4.04. The van der Waals surface area contributed by atoms with Crippen molar-refractivity contribution in [3.05, 3.63) is 47.5 Å². The molecule has 24 heavy (non-hydrogen) atoms. The van der Waals surface area contributed by atoms with Crippen LogP contribution in [0.25, 0.3) is 10.8 Å². The van der Waals surface area contributed by atoms with Crippen LogP contribution in [0, 0.1) is 0 Å². The molecule has 0 bridgehead atoms. The average molecular weight is 359 g/mol. The summed E-state index contributed by atoms with van der Waals surface area (Å²) < 4.78 is 6.06. The summed E-state index contributed by atoms with van der Waals surface area (Å²) in [7, 11) is 3.48. The van der Waals surface area contributed by atoms with Crippen molar-refractivity contribution in [1.29, 1.82) is 0 Å². The van der Waals surface area contributed by atoms with Crippen molar-refractivity contribution in [2.24, 2.45) is 0 Å². The molecule has 7 heteroatoms. The Balaban J connectivity index is 1.63. The Kier molecular flexibility index (Phi) is 5.32. The molecule has 0 unspecified atom stereocenters. The molecule has 124 valence electrons. The molecule has 0 atom stereocenters. The zero-order valence-electron chi connectivity index (χ0n) is 13.4. The number of ether oxygens (including phenoxy) is 1. The molecule has 0 saturated heterocycles. The van der Waals surface area contributed by atoms with Crippen molar-refractivity contribution in [3.8, 4) is 5.75 Å². The van der Waals surface area contributed by atoms with Gasteiger partial charge in [0.2, 0.25) is 5.91 Å². The van der Waals surface area contributed by atoms with Gasteiger partial charge in [-0.3, -0.25) is 4.79 Å². The molecule has 2 aromatic carbocycles. The van der Waals surface area contributed by atoms with Crippen molar-refractivity contribution in [3.63, 3.8) is 0 Å². The molecule has 0 saturated carbocycles. The Hall–Kier alpha value is -2.12. The molecule has 0 radical (unpaired) electrons. The quantitative estimate of drug-likeness (QED) is 0.631. The molecule has 0 aliphatic heterocycles. The van der Waals surface area contributed by atoms with E-state index in [1.54, 1.807) is 17.5 Å². The smallest absolute Gasteiger partial charge is 0.233 e. The van der Waals surface area contributed by atoms with Gasteiger partial charge in [0, 0.05) is 13.6 Å². The number of amides is 1. The Morgan fingerprint density at radius 2 is 2.04 bits per heavy atom. The van der Waals surface area contributed by atoms with Gasteiger partial charge >= 0.3 is 0 Å². The lowest BCUT2D eigenvalue weighted by Gasteiger charge is -2.17. The maximum Gasteiger partial charge on any atom is 0.233 e. The van der Waals surface area contributed by atoms with Crippen LogP contribution in [0.15, 0.2) is 46.2 Å². The molecule has 0 aliphatic carbocycles. The summed E-state index contributed by atoms with van der Waals surface area (Å²) in [4.78, 5) is 14.0. The van der Waals surface area contributed by atoms with Gasteiger partial charge in [0.25, 0.3) is 0 Å². The van der Waals surface area contributed by atoms with E-state index in [9.17, 15) is 4.79 Å². The second kappa shape index (κ2) is 7.63. The second-order valence-electron chi connectivity index (χ2n) is 5.29. The van der Waals surface area contributed by atoms with Gasteiger partial charge < -0.3 is 9.64 Å². The van der Waals surface area contributed by atoms with E-state index in [-0.39, 0.29) is 5.91 Å². The van der Waals surface area contributed by atoms with E-state index in [0.29, 0.717) is 12.3 Å². The fourth-order valence-corrected chi connectivity index (χ4v) is 3.75. The minimum absolute atomic E-state index is 0.0741. The Labute approximate surface area is 148 Å². The number of hydrogen-bond acceptors (Lipinski definition) is 6. The highest BCUT2D eigenvalue weighted by molar-refractivity contribution is 8.01. The molecular formula is C17H17N3O2S2. The van der Waals surface area contributed by atoms with Gasteiger partial charge in [-0.15, -0.1) is 10.2 Å². The van der Waals surface area contributed by atoms with Gasteiger partial charge in [-0.25, -0.2) is 0 Å². The number of methoxy groups -OCH3 is 1. The molecule has 3 rings (SSSR count). The van der Waals surface area contributed by atoms with Crippen LogP contribution in [0.4, 0.5) is 0 Å². The lowest BCUT2D eigenvalue weighted by Crippen LogP contribution is -2.27. The number of thioether (sulfide) groups is 1. The van der Waals surface area contributed by atoms with E-state index < -0.39 is 0 Å². The first kappa shape index (κ1) is 16.7. The third-order valence-corrected chi connectivity index (χ3v) is 5.46. The SMILES string of the molecule is COc1ccc2cc(CN(C)C(=O)CSc3nncs3)ccc2c1. The molecule has 0 N–H and O–H groups in total. The van der Waals surface area contributed by atoms with Crippen LogP contribution in [0.3, 0.4) is 0 Å². The van der Waals surface area contributed by atoms with Crippen LogP contribution in [-0.2, 0) is 11.3 Å². The lowest BCUT2D eigenvalue weighted by molar-refractivity contribution is -0.127.